The lowest BCUT2D eigenvalue weighted by atomic mass is 9.94. The molecule has 0 atom stereocenters. The molecule has 1 aromatic heterocycles. The summed E-state index contributed by atoms with van der Waals surface area (Å²) in [5, 5.41) is 4.91. The van der Waals surface area contributed by atoms with Crippen molar-refractivity contribution in [3.05, 3.63) is 58.4 Å². The van der Waals surface area contributed by atoms with Gasteiger partial charge >= 0.3 is 0 Å². The zero-order valence-electron chi connectivity index (χ0n) is 19.3. The molecule has 0 unspecified atom stereocenters. The van der Waals surface area contributed by atoms with Crippen LogP contribution >= 0.6 is 12.2 Å². The van der Waals surface area contributed by atoms with Gasteiger partial charge in [0.15, 0.2) is 16.6 Å². The molecule has 2 aliphatic rings. The number of H-pyrrole nitrogens is 1. The Morgan fingerprint density at radius 2 is 1.85 bits per heavy atom. The van der Waals surface area contributed by atoms with E-state index in [0.717, 1.165) is 35.2 Å². The number of nitrogens with one attached hydrogen (secondary N) is 2. The van der Waals surface area contributed by atoms with Gasteiger partial charge < -0.3 is 29.4 Å². The van der Waals surface area contributed by atoms with E-state index >= 15 is 0 Å². The van der Waals surface area contributed by atoms with Crippen molar-refractivity contribution in [2.45, 2.75) is 51.6 Å². The largest absolute Gasteiger partial charge is 0.494 e. The minimum absolute atomic E-state index is 0.115. The number of thiocarbonyl (C=S) groups is 1. The van der Waals surface area contributed by atoms with Crippen molar-refractivity contribution >= 4 is 33.9 Å². The van der Waals surface area contributed by atoms with E-state index in [0.29, 0.717) is 41.4 Å². The number of hydrogen-bond acceptors (Lipinski definition) is 5. The lowest BCUT2D eigenvalue weighted by Crippen LogP contribution is -2.44. The average molecular weight is 480 g/mol. The lowest BCUT2D eigenvalue weighted by Gasteiger charge is -2.36. The van der Waals surface area contributed by atoms with Crippen LogP contribution in [-0.4, -0.2) is 34.4 Å². The van der Waals surface area contributed by atoms with E-state index in [4.69, 9.17) is 26.4 Å². The maximum Gasteiger partial charge on any atom is 0.253 e. The second kappa shape index (κ2) is 9.93. The molecule has 34 heavy (non-hydrogen) atoms. The summed E-state index contributed by atoms with van der Waals surface area (Å²) in [6.07, 6.45) is 5.71. The van der Waals surface area contributed by atoms with Gasteiger partial charge in [-0.05, 0) is 68.4 Å². The summed E-state index contributed by atoms with van der Waals surface area (Å²) in [6, 6.07) is 13.7. The Hall–Kier alpha value is -3.26. The number of aromatic nitrogens is 1. The Bertz CT molecular complexity index is 1240. The summed E-state index contributed by atoms with van der Waals surface area (Å²) >= 11 is 5.86. The molecule has 1 aliphatic carbocycles. The summed E-state index contributed by atoms with van der Waals surface area (Å²) in [5.41, 5.74) is 2.19. The first-order valence-corrected chi connectivity index (χ1v) is 12.3. The number of hydrogen-bond donors (Lipinski definition) is 2. The molecule has 5 rings (SSSR count). The molecule has 1 aliphatic heterocycles. The Morgan fingerprint density at radius 1 is 1.12 bits per heavy atom. The molecule has 0 radical (unpaired) electrons. The third-order valence-corrected chi connectivity index (χ3v) is 6.78. The highest BCUT2D eigenvalue weighted by molar-refractivity contribution is 7.80. The van der Waals surface area contributed by atoms with Crippen molar-refractivity contribution in [2.75, 3.05) is 18.7 Å². The first-order chi connectivity index (χ1) is 16.6. The number of rotatable bonds is 6. The SMILES string of the molecule is CCOc1ccc(NC(=S)N(Cc2cc3cc4c(cc3[nH]c2=O)OCO4)C2CCCCC2)cc1. The third kappa shape index (κ3) is 4.82. The summed E-state index contributed by atoms with van der Waals surface area (Å²) in [7, 11) is 0. The fraction of sp³-hybridized carbons (Fsp3) is 0.385. The molecule has 8 heteroatoms. The van der Waals surface area contributed by atoms with E-state index in [1.165, 1.54) is 19.3 Å². The van der Waals surface area contributed by atoms with Gasteiger partial charge in [-0.15, -0.1) is 0 Å². The highest BCUT2D eigenvalue weighted by atomic mass is 32.1. The minimum atomic E-state index is -0.115. The molecule has 0 amide bonds. The van der Waals surface area contributed by atoms with Gasteiger partial charge in [-0.3, -0.25) is 4.79 Å². The van der Waals surface area contributed by atoms with Crippen LogP contribution in [0.5, 0.6) is 17.2 Å². The van der Waals surface area contributed by atoms with Crippen LogP contribution in [0, 0.1) is 0 Å². The molecule has 0 spiro atoms. The van der Waals surface area contributed by atoms with Gasteiger partial charge in [-0.2, -0.15) is 0 Å². The molecule has 1 fully saturated rings. The van der Waals surface area contributed by atoms with Gasteiger partial charge in [-0.25, -0.2) is 0 Å². The van der Waals surface area contributed by atoms with Crippen LogP contribution in [0.3, 0.4) is 0 Å². The first kappa shape index (κ1) is 22.5. The smallest absolute Gasteiger partial charge is 0.253 e. The Kier molecular flexibility index (Phi) is 6.58. The molecule has 3 aromatic rings. The summed E-state index contributed by atoms with van der Waals surface area (Å²) < 4.78 is 16.5. The van der Waals surface area contributed by atoms with Crippen molar-refractivity contribution < 1.29 is 14.2 Å². The maximum absolute atomic E-state index is 13.0. The van der Waals surface area contributed by atoms with E-state index in [1.807, 2.05) is 49.4 Å². The third-order valence-electron chi connectivity index (χ3n) is 6.45. The van der Waals surface area contributed by atoms with Gasteiger partial charge in [0.25, 0.3) is 5.56 Å². The number of fused-ring (bicyclic) bond motifs is 2. The van der Waals surface area contributed by atoms with Gasteiger partial charge in [0, 0.05) is 28.7 Å². The van der Waals surface area contributed by atoms with Crippen LogP contribution in [-0.2, 0) is 6.54 Å². The van der Waals surface area contributed by atoms with E-state index in [2.05, 4.69) is 15.2 Å². The Balaban J connectivity index is 1.41. The normalized spacial score (nSPS) is 15.3. The highest BCUT2D eigenvalue weighted by Crippen LogP contribution is 2.35. The molecule has 2 N–H and O–H groups in total. The van der Waals surface area contributed by atoms with Crippen molar-refractivity contribution in [1.82, 2.24) is 9.88 Å². The summed E-state index contributed by atoms with van der Waals surface area (Å²) in [5.74, 6) is 2.18. The van der Waals surface area contributed by atoms with Crippen LogP contribution in [0.1, 0.15) is 44.6 Å². The molecular weight excluding hydrogens is 450 g/mol. The molecule has 1 saturated carbocycles. The lowest BCUT2D eigenvalue weighted by molar-refractivity contribution is 0.174. The molecule has 7 nitrogen and oxygen atoms in total. The van der Waals surface area contributed by atoms with E-state index in [-0.39, 0.29) is 12.4 Å². The number of anilines is 1. The minimum Gasteiger partial charge on any atom is -0.494 e. The number of aromatic amines is 1. The predicted molar refractivity (Wildman–Crippen MR) is 137 cm³/mol. The fourth-order valence-electron chi connectivity index (χ4n) is 4.70. The van der Waals surface area contributed by atoms with E-state index in [1.54, 1.807) is 0 Å². The number of benzene rings is 2. The van der Waals surface area contributed by atoms with Crippen LogP contribution in [0.2, 0.25) is 0 Å². The number of ether oxygens (including phenoxy) is 3. The maximum atomic E-state index is 13.0. The first-order valence-electron chi connectivity index (χ1n) is 11.9. The van der Waals surface area contributed by atoms with E-state index in [9.17, 15) is 4.79 Å². The molecular formula is C26H29N3O4S. The molecule has 2 aromatic carbocycles. The van der Waals surface area contributed by atoms with Gasteiger partial charge in [0.2, 0.25) is 6.79 Å². The monoisotopic (exact) mass is 479 g/mol. The summed E-state index contributed by atoms with van der Waals surface area (Å²) in [6.45, 7) is 3.23. The predicted octanol–water partition coefficient (Wildman–Crippen LogP) is 5.19. The number of pyridine rings is 1. The van der Waals surface area contributed by atoms with Crippen molar-refractivity contribution in [3.63, 3.8) is 0 Å². The van der Waals surface area contributed by atoms with Crippen molar-refractivity contribution in [1.29, 1.82) is 0 Å². The second-order valence-corrected chi connectivity index (χ2v) is 9.11. The van der Waals surface area contributed by atoms with Gasteiger partial charge in [0.05, 0.1) is 18.7 Å². The van der Waals surface area contributed by atoms with Crippen LogP contribution < -0.4 is 25.1 Å². The average Bonchev–Trinajstić information content (AvgIpc) is 3.30. The van der Waals surface area contributed by atoms with Gasteiger partial charge in [0.1, 0.15) is 5.75 Å². The second-order valence-electron chi connectivity index (χ2n) is 8.72. The van der Waals surface area contributed by atoms with Crippen LogP contribution in [0.25, 0.3) is 10.9 Å². The number of nitrogens with zero attached hydrogens (tertiary/aromatic N) is 1. The van der Waals surface area contributed by atoms with Crippen LogP contribution in [0.15, 0.2) is 47.3 Å². The van der Waals surface area contributed by atoms with Gasteiger partial charge in [-0.1, -0.05) is 19.3 Å². The standard InChI is InChI=1S/C26H29N3O4S/c1-2-31-21-10-8-19(9-11-21)27-26(34)29(20-6-4-3-5-7-20)15-18-12-17-13-23-24(33-16-32-23)14-22(17)28-25(18)30/h8-14,20H,2-7,15-16H2,1H3,(H,27,34)(H,28,30). The van der Waals surface area contributed by atoms with E-state index < -0.39 is 0 Å². The zero-order chi connectivity index (χ0) is 23.5. The fourth-order valence-corrected chi connectivity index (χ4v) is 5.03. The molecule has 0 saturated heterocycles. The Morgan fingerprint density at radius 3 is 2.59 bits per heavy atom. The quantitative estimate of drug-likeness (QED) is 0.472. The molecule has 178 valence electrons. The molecule has 0 bridgehead atoms. The Labute approximate surface area is 204 Å². The highest BCUT2D eigenvalue weighted by Gasteiger charge is 2.25. The van der Waals surface area contributed by atoms with Crippen LogP contribution in [0.4, 0.5) is 5.69 Å². The van der Waals surface area contributed by atoms with Crippen molar-refractivity contribution in [2.24, 2.45) is 0 Å². The molecule has 2 heterocycles. The summed E-state index contributed by atoms with van der Waals surface area (Å²) in [4.78, 5) is 18.2. The van der Waals surface area contributed by atoms with Crippen molar-refractivity contribution in [3.8, 4) is 17.2 Å². The topological polar surface area (TPSA) is 75.8 Å². The zero-order valence-corrected chi connectivity index (χ0v) is 20.1.